The molecule has 1 aromatic rings. The molecule has 0 radical (unpaired) electrons. The summed E-state index contributed by atoms with van der Waals surface area (Å²) in [5.41, 5.74) is 0. The fourth-order valence-corrected chi connectivity index (χ4v) is 1.20. The zero-order valence-corrected chi connectivity index (χ0v) is 6.49. The number of para-hydroxylation sites is 1. The van der Waals surface area contributed by atoms with Gasteiger partial charge in [-0.1, -0.05) is 0 Å². The third-order valence-corrected chi connectivity index (χ3v) is 2.19. The second kappa shape index (κ2) is 2.79. The summed E-state index contributed by atoms with van der Waals surface area (Å²) in [5, 5.41) is 8.93. The van der Waals surface area contributed by atoms with Gasteiger partial charge >= 0.3 is 58.9 Å². The van der Waals surface area contributed by atoms with Gasteiger partial charge in [0.1, 0.15) is 0 Å². The second-order valence-corrected chi connectivity index (χ2v) is 2.97. The van der Waals surface area contributed by atoms with Crippen LogP contribution in [0.1, 0.15) is 0 Å². The molecule has 0 atom stereocenters. The molecule has 1 aromatic carbocycles. The zero-order valence-electron chi connectivity index (χ0n) is 4.61. The molecule has 0 amide bonds. The Morgan fingerprint density at radius 1 is 1.33 bits per heavy atom. The molecule has 0 bridgehead atoms. The normalized spacial score (nSPS) is 9.78. The van der Waals surface area contributed by atoms with Crippen molar-refractivity contribution in [2.24, 2.45) is 0 Å². The van der Waals surface area contributed by atoms with Gasteiger partial charge in [0.25, 0.3) is 0 Å². The fourth-order valence-electron chi connectivity index (χ4n) is 0.541. The molecule has 2 nitrogen and oxygen atoms in total. The molecular formula is C6H5AsO2. The van der Waals surface area contributed by atoms with E-state index in [-0.39, 0.29) is 5.75 Å². The van der Waals surface area contributed by atoms with Gasteiger partial charge in [0.05, 0.1) is 0 Å². The van der Waals surface area contributed by atoms with Crippen molar-refractivity contribution < 1.29 is 8.85 Å². The molecule has 0 saturated heterocycles. The van der Waals surface area contributed by atoms with Crippen molar-refractivity contribution in [1.29, 1.82) is 0 Å². The van der Waals surface area contributed by atoms with Crippen LogP contribution in [0.2, 0.25) is 0 Å². The van der Waals surface area contributed by atoms with Crippen molar-refractivity contribution in [2.75, 3.05) is 0 Å². The Hall–Kier alpha value is -0.622. The minimum atomic E-state index is -1.09. The summed E-state index contributed by atoms with van der Waals surface area (Å²) in [6.07, 6.45) is 0. The average molecular weight is 184 g/mol. The van der Waals surface area contributed by atoms with Gasteiger partial charge in [0.2, 0.25) is 0 Å². The molecule has 9 heavy (non-hydrogen) atoms. The number of phenolic OH excluding ortho intramolecular Hbond substituents is 1. The number of phenols is 1. The van der Waals surface area contributed by atoms with E-state index in [0.29, 0.717) is 4.35 Å². The van der Waals surface area contributed by atoms with Crippen LogP contribution in [0.3, 0.4) is 0 Å². The van der Waals surface area contributed by atoms with E-state index in [0.717, 1.165) is 0 Å². The van der Waals surface area contributed by atoms with Gasteiger partial charge in [-0.25, -0.2) is 0 Å². The SMILES string of the molecule is O=[As]c1ccccc1O. The van der Waals surface area contributed by atoms with E-state index >= 15 is 0 Å². The first-order valence-corrected chi connectivity index (χ1v) is 4.16. The van der Waals surface area contributed by atoms with E-state index in [9.17, 15) is 3.74 Å². The summed E-state index contributed by atoms with van der Waals surface area (Å²) in [7, 11) is 0. The van der Waals surface area contributed by atoms with Crippen LogP contribution in [-0.2, 0) is 3.74 Å². The minimum absolute atomic E-state index is 0.132. The maximum atomic E-state index is 10.3. The summed E-state index contributed by atoms with van der Waals surface area (Å²) < 4.78 is 10.8. The van der Waals surface area contributed by atoms with Crippen LogP contribution in [0, 0.1) is 0 Å². The van der Waals surface area contributed by atoms with Crippen LogP contribution < -0.4 is 4.35 Å². The summed E-state index contributed by atoms with van der Waals surface area (Å²) >= 11 is -1.09. The molecule has 1 N–H and O–H groups in total. The molecule has 0 aromatic heterocycles. The predicted octanol–water partition coefficient (Wildman–Crippen LogP) is 0.0672. The fraction of sp³-hybridized carbons (Fsp3) is 0. The second-order valence-electron chi connectivity index (χ2n) is 1.58. The molecule has 0 heterocycles. The van der Waals surface area contributed by atoms with Crippen LogP contribution >= 0.6 is 0 Å². The summed E-state index contributed by atoms with van der Waals surface area (Å²) in [4.78, 5) is 0. The van der Waals surface area contributed by atoms with Gasteiger partial charge in [0.15, 0.2) is 0 Å². The monoisotopic (exact) mass is 184 g/mol. The van der Waals surface area contributed by atoms with E-state index in [1.807, 2.05) is 0 Å². The quantitative estimate of drug-likeness (QED) is 0.627. The number of hydrogen-bond acceptors (Lipinski definition) is 2. The first-order chi connectivity index (χ1) is 4.34. The summed E-state index contributed by atoms with van der Waals surface area (Å²) in [5.74, 6) is 0.132. The number of aromatic hydroxyl groups is 1. The Bertz CT molecular complexity index is 222. The maximum absolute atomic E-state index is 10.3. The van der Waals surface area contributed by atoms with E-state index in [1.165, 1.54) is 6.07 Å². The molecule has 0 aliphatic heterocycles. The van der Waals surface area contributed by atoms with Crippen LogP contribution in [0.4, 0.5) is 0 Å². The van der Waals surface area contributed by atoms with Crippen molar-refractivity contribution in [1.82, 2.24) is 0 Å². The average Bonchev–Trinajstić information content (AvgIpc) is 1.89. The molecule has 1 rings (SSSR count). The van der Waals surface area contributed by atoms with Crippen LogP contribution in [0.15, 0.2) is 24.3 Å². The summed E-state index contributed by atoms with van der Waals surface area (Å²) in [6, 6.07) is 6.64. The third-order valence-electron chi connectivity index (χ3n) is 0.980. The third kappa shape index (κ3) is 1.39. The first-order valence-electron chi connectivity index (χ1n) is 2.46. The zero-order chi connectivity index (χ0) is 6.69. The van der Waals surface area contributed by atoms with E-state index in [1.54, 1.807) is 18.2 Å². The Balaban J connectivity index is 3.15. The molecule has 0 saturated carbocycles. The molecule has 0 spiro atoms. The van der Waals surface area contributed by atoms with Crippen molar-refractivity contribution >= 4 is 20.0 Å². The molecule has 46 valence electrons. The van der Waals surface area contributed by atoms with E-state index in [4.69, 9.17) is 5.11 Å². The van der Waals surface area contributed by atoms with E-state index < -0.39 is 15.7 Å². The number of rotatable bonds is 1. The van der Waals surface area contributed by atoms with Crippen molar-refractivity contribution in [2.45, 2.75) is 0 Å². The molecule has 0 aliphatic rings. The van der Waals surface area contributed by atoms with Gasteiger partial charge < -0.3 is 0 Å². The van der Waals surface area contributed by atoms with Gasteiger partial charge in [-0.15, -0.1) is 0 Å². The van der Waals surface area contributed by atoms with Crippen LogP contribution in [-0.4, -0.2) is 20.8 Å². The van der Waals surface area contributed by atoms with Gasteiger partial charge in [-0.05, 0) is 0 Å². The topological polar surface area (TPSA) is 37.3 Å². The first kappa shape index (κ1) is 6.50. The molecule has 0 unspecified atom stereocenters. The standard InChI is InChI=1S/C6H5AsO2/c8-6-4-2-1-3-5(6)7-9/h1-4,8H. The van der Waals surface area contributed by atoms with Gasteiger partial charge in [-0.2, -0.15) is 0 Å². The van der Waals surface area contributed by atoms with Crippen molar-refractivity contribution in [3.63, 3.8) is 0 Å². The van der Waals surface area contributed by atoms with Gasteiger partial charge in [-0.3, -0.25) is 0 Å². The predicted molar refractivity (Wildman–Crippen MR) is 34.2 cm³/mol. The van der Waals surface area contributed by atoms with E-state index in [2.05, 4.69) is 0 Å². The van der Waals surface area contributed by atoms with Crippen LogP contribution in [0.5, 0.6) is 5.75 Å². The molecular weight excluding hydrogens is 179 g/mol. The number of hydrogen-bond donors (Lipinski definition) is 1. The number of benzene rings is 1. The Morgan fingerprint density at radius 3 is 2.44 bits per heavy atom. The Kier molecular flexibility index (Phi) is 2.01. The molecule has 3 heteroatoms. The Labute approximate surface area is 59.4 Å². The summed E-state index contributed by atoms with van der Waals surface area (Å²) in [6.45, 7) is 0. The van der Waals surface area contributed by atoms with Gasteiger partial charge in [0, 0.05) is 0 Å². The molecule has 0 fully saturated rings. The molecule has 0 aliphatic carbocycles. The Morgan fingerprint density at radius 2 is 2.00 bits per heavy atom. The van der Waals surface area contributed by atoms with Crippen molar-refractivity contribution in [3.8, 4) is 5.75 Å². The van der Waals surface area contributed by atoms with Crippen molar-refractivity contribution in [3.05, 3.63) is 24.3 Å². The van der Waals surface area contributed by atoms with Crippen LogP contribution in [0.25, 0.3) is 0 Å².